The van der Waals surface area contributed by atoms with Crippen LogP contribution in [-0.4, -0.2) is 12.5 Å². The monoisotopic (exact) mass is 347 g/mol. The third kappa shape index (κ3) is 2.65. The molecule has 1 aliphatic heterocycles. The molecule has 108 valence electrons. The lowest BCUT2D eigenvalue weighted by atomic mass is 10.0. The van der Waals surface area contributed by atoms with Crippen LogP contribution in [0.3, 0.4) is 0 Å². The lowest BCUT2D eigenvalue weighted by Gasteiger charge is -2.27. The summed E-state index contributed by atoms with van der Waals surface area (Å²) in [6, 6.07) is 12.6. The van der Waals surface area contributed by atoms with Gasteiger partial charge in [-0.05, 0) is 42.3 Å². The SMILES string of the molecule is Cc1ccc(C2CN=C(N)N2c2cccc(F)c2)cc1Br. The van der Waals surface area contributed by atoms with E-state index in [2.05, 4.69) is 39.1 Å². The van der Waals surface area contributed by atoms with Crippen LogP contribution in [0.25, 0.3) is 0 Å². The van der Waals surface area contributed by atoms with Gasteiger partial charge >= 0.3 is 0 Å². The maximum Gasteiger partial charge on any atom is 0.196 e. The first-order valence-corrected chi connectivity index (χ1v) is 7.46. The number of benzene rings is 2. The number of hydrogen-bond acceptors (Lipinski definition) is 3. The second-order valence-electron chi connectivity index (χ2n) is 5.07. The van der Waals surface area contributed by atoms with Gasteiger partial charge in [-0.2, -0.15) is 0 Å². The summed E-state index contributed by atoms with van der Waals surface area (Å²) in [6.07, 6.45) is 0. The van der Waals surface area contributed by atoms with Gasteiger partial charge in [0.05, 0.1) is 12.6 Å². The third-order valence-corrected chi connectivity index (χ3v) is 4.51. The Morgan fingerprint density at radius 2 is 2.10 bits per heavy atom. The Morgan fingerprint density at radius 3 is 2.81 bits per heavy atom. The van der Waals surface area contributed by atoms with Crippen LogP contribution in [0.15, 0.2) is 51.9 Å². The Morgan fingerprint density at radius 1 is 1.29 bits per heavy atom. The van der Waals surface area contributed by atoms with Crippen LogP contribution in [-0.2, 0) is 0 Å². The molecule has 21 heavy (non-hydrogen) atoms. The van der Waals surface area contributed by atoms with E-state index in [0.29, 0.717) is 12.5 Å². The molecule has 3 rings (SSSR count). The molecule has 0 aliphatic carbocycles. The number of nitrogens with two attached hydrogens (primary N) is 1. The van der Waals surface area contributed by atoms with E-state index in [0.717, 1.165) is 15.7 Å². The lowest BCUT2D eigenvalue weighted by molar-refractivity contribution is 0.626. The van der Waals surface area contributed by atoms with Crippen molar-refractivity contribution in [2.75, 3.05) is 11.4 Å². The van der Waals surface area contributed by atoms with E-state index in [9.17, 15) is 4.39 Å². The largest absolute Gasteiger partial charge is 0.369 e. The van der Waals surface area contributed by atoms with Gasteiger partial charge in [0, 0.05) is 10.2 Å². The summed E-state index contributed by atoms with van der Waals surface area (Å²) in [5.41, 5.74) is 8.98. The zero-order valence-electron chi connectivity index (χ0n) is 11.6. The van der Waals surface area contributed by atoms with Gasteiger partial charge in [-0.1, -0.05) is 34.1 Å². The molecule has 1 aliphatic rings. The van der Waals surface area contributed by atoms with E-state index in [1.54, 1.807) is 6.07 Å². The van der Waals surface area contributed by atoms with Crippen LogP contribution < -0.4 is 10.6 Å². The van der Waals surface area contributed by atoms with Crippen LogP contribution in [0.2, 0.25) is 0 Å². The van der Waals surface area contributed by atoms with E-state index in [-0.39, 0.29) is 11.9 Å². The molecule has 5 heteroatoms. The van der Waals surface area contributed by atoms with Crippen molar-refractivity contribution < 1.29 is 4.39 Å². The molecule has 1 atom stereocenters. The molecule has 0 fully saturated rings. The summed E-state index contributed by atoms with van der Waals surface area (Å²) in [6.45, 7) is 2.61. The van der Waals surface area contributed by atoms with Crippen molar-refractivity contribution in [3.63, 3.8) is 0 Å². The normalized spacial score (nSPS) is 18.0. The number of guanidine groups is 1. The predicted molar refractivity (Wildman–Crippen MR) is 87.0 cm³/mol. The van der Waals surface area contributed by atoms with Crippen LogP contribution in [0.1, 0.15) is 17.2 Å². The summed E-state index contributed by atoms with van der Waals surface area (Å²) >= 11 is 3.55. The molecule has 2 aromatic rings. The van der Waals surface area contributed by atoms with Gasteiger partial charge in [0.15, 0.2) is 5.96 Å². The second-order valence-corrected chi connectivity index (χ2v) is 5.93. The summed E-state index contributed by atoms with van der Waals surface area (Å²) in [5, 5.41) is 0. The van der Waals surface area contributed by atoms with Crippen LogP contribution >= 0.6 is 15.9 Å². The smallest absolute Gasteiger partial charge is 0.196 e. The highest BCUT2D eigenvalue weighted by Crippen LogP contribution is 2.33. The lowest BCUT2D eigenvalue weighted by Crippen LogP contribution is -2.36. The number of nitrogens with zero attached hydrogens (tertiary/aromatic N) is 2. The number of anilines is 1. The van der Waals surface area contributed by atoms with Crippen molar-refractivity contribution in [1.29, 1.82) is 0 Å². The van der Waals surface area contributed by atoms with Crippen molar-refractivity contribution in [3.05, 3.63) is 63.9 Å². The molecular formula is C16H15BrFN3. The van der Waals surface area contributed by atoms with Gasteiger partial charge in [0.1, 0.15) is 5.82 Å². The van der Waals surface area contributed by atoms with Crippen molar-refractivity contribution in [1.82, 2.24) is 0 Å². The molecule has 0 amide bonds. The van der Waals surface area contributed by atoms with E-state index in [4.69, 9.17) is 5.73 Å². The first-order chi connectivity index (χ1) is 10.1. The zero-order valence-corrected chi connectivity index (χ0v) is 13.1. The number of halogens is 2. The average Bonchev–Trinajstić information content (AvgIpc) is 2.84. The van der Waals surface area contributed by atoms with Gasteiger partial charge < -0.3 is 10.6 Å². The minimum Gasteiger partial charge on any atom is -0.369 e. The number of rotatable bonds is 2. The van der Waals surface area contributed by atoms with Crippen LogP contribution in [0.5, 0.6) is 0 Å². The first kappa shape index (κ1) is 14.1. The predicted octanol–water partition coefficient (Wildman–Crippen LogP) is 3.77. The third-order valence-electron chi connectivity index (χ3n) is 3.65. The molecule has 0 spiro atoms. The second kappa shape index (κ2) is 5.48. The molecular weight excluding hydrogens is 333 g/mol. The van der Waals surface area contributed by atoms with Gasteiger partial charge in [-0.15, -0.1) is 0 Å². The maximum absolute atomic E-state index is 13.5. The molecule has 1 unspecified atom stereocenters. The quantitative estimate of drug-likeness (QED) is 0.898. The molecule has 0 saturated heterocycles. The van der Waals surface area contributed by atoms with E-state index < -0.39 is 0 Å². The van der Waals surface area contributed by atoms with Gasteiger partial charge in [-0.25, -0.2) is 4.39 Å². The summed E-state index contributed by atoms with van der Waals surface area (Å²) < 4.78 is 14.5. The summed E-state index contributed by atoms with van der Waals surface area (Å²) in [7, 11) is 0. The van der Waals surface area contributed by atoms with Crippen LogP contribution in [0.4, 0.5) is 10.1 Å². The van der Waals surface area contributed by atoms with E-state index in [1.807, 2.05) is 17.9 Å². The Kier molecular flexibility index (Phi) is 3.68. The molecule has 2 aromatic carbocycles. The standard InChI is InChI=1S/C16H15BrFN3/c1-10-5-6-11(7-14(10)17)15-9-20-16(19)21(15)13-4-2-3-12(18)8-13/h2-8,15H,9H2,1H3,(H2,19,20). The fourth-order valence-electron chi connectivity index (χ4n) is 2.51. The maximum atomic E-state index is 13.5. The molecule has 0 bridgehead atoms. The van der Waals surface area contributed by atoms with Crippen molar-refractivity contribution in [2.45, 2.75) is 13.0 Å². The fourth-order valence-corrected chi connectivity index (χ4v) is 2.90. The minimum atomic E-state index is -0.281. The Bertz CT molecular complexity index is 714. The minimum absolute atomic E-state index is 0.0105. The summed E-state index contributed by atoms with van der Waals surface area (Å²) in [4.78, 5) is 6.19. The Hall–Kier alpha value is -1.88. The average molecular weight is 348 g/mol. The Balaban J connectivity index is 2.00. The van der Waals surface area contributed by atoms with Crippen molar-refractivity contribution in [2.24, 2.45) is 10.7 Å². The first-order valence-electron chi connectivity index (χ1n) is 6.67. The van der Waals surface area contributed by atoms with Gasteiger partial charge in [0.2, 0.25) is 0 Å². The topological polar surface area (TPSA) is 41.6 Å². The molecule has 0 aromatic heterocycles. The van der Waals surface area contributed by atoms with Gasteiger partial charge in [-0.3, -0.25) is 4.99 Å². The van der Waals surface area contributed by atoms with Crippen LogP contribution in [0, 0.1) is 12.7 Å². The van der Waals surface area contributed by atoms with Crippen molar-refractivity contribution >= 4 is 27.6 Å². The van der Waals surface area contributed by atoms with Gasteiger partial charge in [0.25, 0.3) is 0 Å². The molecule has 3 nitrogen and oxygen atoms in total. The Labute approximate surface area is 131 Å². The number of aliphatic imine (C=N–C) groups is 1. The van der Waals surface area contributed by atoms with E-state index in [1.165, 1.54) is 17.7 Å². The van der Waals surface area contributed by atoms with Crippen molar-refractivity contribution in [3.8, 4) is 0 Å². The number of aryl methyl sites for hydroxylation is 1. The molecule has 0 saturated carbocycles. The highest BCUT2D eigenvalue weighted by Gasteiger charge is 2.29. The molecule has 0 radical (unpaired) electrons. The van der Waals surface area contributed by atoms with E-state index >= 15 is 0 Å². The highest BCUT2D eigenvalue weighted by molar-refractivity contribution is 9.10. The summed E-state index contributed by atoms with van der Waals surface area (Å²) in [5.74, 6) is 0.137. The molecule has 2 N–H and O–H groups in total. The zero-order chi connectivity index (χ0) is 15.0. The number of hydrogen-bond donors (Lipinski definition) is 1. The fraction of sp³-hybridized carbons (Fsp3) is 0.188. The highest BCUT2D eigenvalue weighted by atomic mass is 79.9. The molecule has 1 heterocycles.